The molecule has 0 fully saturated rings. The first-order valence-electron chi connectivity index (χ1n) is 7.49. The van der Waals surface area contributed by atoms with Gasteiger partial charge in [0.05, 0.1) is 5.69 Å². The predicted octanol–water partition coefficient (Wildman–Crippen LogP) is 2.32. The van der Waals surface area contributed by atoms with E-state index in [1.165, 1.54) is 22.7 Å². The summed E-state index contributed by atoms with van der Waals surface area (Å²) in [5.74, 6) is -0.150. The molecule has 1 heterocycles. The molecular formula is C16H21N3O3S2. The number of nitrogens with one attached hydrogen (secondary N) is 1. The predicted molar refractivity (Wildman–Crippen MR) is 96.4 cm³/mol. The van der Waals surface area contributed by atoms with Gasteiger partial charge in [0, 0.05) is 27.1 Å². The van der Waals surface area contributed by atoms with Crippen molar-refractivity contribution in [1.29, 1.82) is 0 Å². The van der Waals surface area contributed by atoms with Gasteiger partial charge in [0.15, 0.2) is 0 Å². The number of sulfonamides is 1. The van der Waals surface area contributed by atoms with E-state index in [2.05, 4.69) is 5.43 Å². The zero-order valence-corrected chi connectivity index (χ0v) is 15.3. The summed E-state index contributed by atoms with van der Waals surface area (Å²) in [5, 5.41) is 3.38. The van der Waals surface area contributed by atoms with Crippen molar-refractivity contribution in [3.05, 3.63) is 47.8 Å². The maximum Gasteiger partial charge on any atom is 0.252 e. The Labute approximate surface area is 146 Å². The molecule has 1 amide bonds. The maximum atomic E-state index is 12.3. The summed E-state index contributed by atoms with van der Waals surface area (Å²) in [6.07, 6.45) is 0.705. The van der Waals surface area contributed by atoms with E-state index in [-0.39, 0.29) is 12.3 Å². The lowest BCUT2D eigenvalue weighted by molar-refractivity contribution is -0.121. The first kappa shape index (κ1) is 18.4. The topological polar surface area (TPSA) is 69.7 Å². The van der Waals surface area contributed by atoms with Gasteiger partial charge in [0.25, 0.3) is 10.0 Å². The summed E-state index contributed by atoms with van der Waals surface area (Å²) in [6, 6.07) is 12.8. The van der Waals surface area contributed by atoms with Gasteiger partial charge in [0.2, 0.25) is 5.91 Å². The van der Waals surface area contributed by atoms with Crippen LogP contribution in [0.4, 0.5) is 5.69 Å². The smallest absolute Gasteiger partial charge is 0.252 e. The van der Waals surface area contributed by atoms with Crippen LogP contribution in [-0.4, -0.2) is 39.3 Å². The molecule has 6 nitrogen and oxygen atoms in total. The lowest BCUT2D eigenvalue weighted by Crippen LogP contribution is -2.39. The summed E-state index contributed by atoms with van der Waals surface area (Å²) in [5.41, 5.74) is 3.64. The Bertz CT molecular complexity index is 746. The van der Waals surface area contributed by atoms with Crippen molar-refractivity contribution in [2.45, 2.75) is 17.1 Å². The van der Waals surface area contributed by atoms with Crippen LogP contribution in [-0.2, 0) is 14.8 Å². The fourth-order valence-electron chi connectivity index (χ4n) is 2.11. The highest BCUT2D eigenvalue weighted by atomic mass is 32.2. The second-order valence-corrected chi connectivity index (χ2v) is 8.51. The molecule has 130 valence electrons. The van der Waals surface area contributed by atoms with E-state index in [0.29, 0.717) is 17.2 Å². The minimum Gasteiger partial charge on any atom is -0.289 e. The van der Waals surface area contributed by atoms with Crippen LogP contribution in [0, 0.1) is 0 Å². The molecule has 8 heteroatoms. The summed E-state index contributed by atoms with van der Waals surface area (Å²) < 4.78 is 26.1. The number of amides is 1. The van der Waals surface area contributed by atoms with Crippen molar-refractivity contribution in [3.63, 3.8) is 0 Å². The Hall–Kier alpha value is -1.90. The van der Waals surface area contributed by atoms with Gasteiger partial charge in [-0.25, -0.2) is 12.7 Å². The highest BCUT2D eigenvalue weighted by molar-refractivity contribution is 7.91. The number of carbonyl (C=O) groups excluding carboxylic acids is 1. The number of benzene rings is 1. The van der Waals surface area contributed by atoms with Crippen molar-refractivity contribution in [2.75, 3.05) is 25.6 Å². The Morgan fingerprint density at radius 2 is 1.83 bits per heavy atom. The normalized spacial score (nSPS) is 11.5. The van der Waals surface area contributed by atoms with E-state index in [0.717, 1.165) is 5.69 Å². The molecule has 1 N–H and O–H groups in total. The Morgan fingerprint density at radius 3 is 2.46 bits per heavy atom. The highest BCUT2D eigenvalue weighted by Gasteiger charge is 2.21. The number of carbonyl (C=O) groups is 1. The molecule has 2 aromatic rings. The third-order valence-electron chi connectivity index (χ3n) is 3.47. The monoisotopic (exact) mass is 367 g/mol. The average Bonchev–Trinajstić information content (AvgIpc) is 3.10. The van der Waals surface area contributed by atoms with Crippen molar-refractivity contribution in [3.8, 4) is 0 Å². The fourth-order valence-corrected chi connectivity index (χ4v) is 4.52. The maximum absolute atomic E-state index is 12.3. The number of hydrogen-bond acceptors (Lipinski definition) is 5. The van der Waals surface area contributed by atoms with Gasteiger partial charge in [-0.2, -0.15) is 0 Å². The summed E-state index contributed by atoms with van der Waals surface area (Å²) in [7, 11) is -0.155. The van der Waals surface area contributed by atoms with Gasteiger partial charge in [0.1, 0.15) is 4.21 Å². The van der Waals surface area contributed by atoms with E-state index >= 15 is 0 Å². The zero-order chi connectivity index (χ0) is 17.6. The van der Waals surface area contributed by atoms with E-state index in [1.807, 2.05) is 30.3 Å². The second kappa shape index (κ2) is 8.27. The number of hydrogen-bond donors (Lipinski definition) is 1. The largest absolute Gasteiger partial charge is 0.289 e. The molecule has 0 aliphatic heterocycles. The van der Waals surface area contributed by atoms with Crippen LogP contribution >= 0.6 is 11.3 Å². The summed E-state index contributed by atoms with van der Waals surface area (Å²) >= 11 is 1.19. The number of para-hydroxylation sites is 1. The standard InChI is InChI=1S/C16H21N3O3S2/c1-18(24(21,22)16-11-7-13-23-16)12-6-10-15(20)17-19(2)14-8-4-3-5-9-14/h3-5,7-9,11,13H,6,10,12H2,1-2H3,(H,17,20). The number of thiophene rings is 1. The summed E-state index contributed by atoms with van der Waals surface area (Å²) in [6.45, 7) is 0.294. The molecule has 0 unspecified atom stereocenters. The first-order valence-corrected chi connectivity index (χ1v) is 9.81. The van der Waals surface area contributed by atoms with Crippen LogP contribution in [0.15, 0.2) is 52.1 Å². The number of hydrazine groups is 1. The SMILES string of the molecule is CN(NC(=O)CCCN(C)S(=O)(=O)c1cccs1)c1ccccc1. The van der Waals surface area contributed by atoms with E-state index in [9.17, 15) is 13.2 Å². The van der Waals surface area contributed by atoms with Gasteiger partial charge in [-0.05, 0) is 30.0 Å². The molecule has 0 radical (unpaired) electrons. The van der Waals surface area contributed by atoms with E-state index in [4.69, 9.17) is 0 Å². The van der Waals surface area contributed by atoms with Crippen molar-refractivity contribution < 1.29 is 13.2 Å². The van der Waals surface area contributed by atoms with Crippen LogP contribution < -0.4 is 10.4 Å². The van der Waals surface area contributed by atoms with Crippen molar-refractivity contribution in [1.82, 2.24) is 9.73 Å². The number of anilines is 1. The van der Waals surface area contributed by atoms with Crippen LogP contribution in [0.3, 0.4) is 0 Å². The third kappa shape index (κ3) is 4.80. The number of nitrogens with zero attached hydrogens (tertiary/aromatic N) is 2. The van der Waals surface area contributed by atoms with Crippen LogP contribution in [0.1, 0.15) is 12.8 Å². The molecule has 0 saturated heterocycles. The molecule has 0 aliphatic rings. The molecule has 0 spiro atoms. The van der Waals surface area contributed by atoms with E-state index < -0.39 is 10.0 Å². The van der Waals surface area contributed by atoms with Gasteiger partial charge in [-0.15, -0.1) is 11.3 Å². The average molecular weight is 367 g/mol. The minimum atomic E-state index is -3.45. The highest BCUT2D eigenvalue weighted by Crippen LogP contribution is 2.20. The van der Waals surface area contributed by atoms with Gasteiger partial charge in [-0.3, -0.25) is 15.2 Å². The van der Waals surface area contributed by atoms with Crippen molar-refractivity contribution >= 4 is 33.0 Å². The minimum absolute atomic E-state index is 0.150. The lowest BCUT2D eigenvalue weighted by Gasteiger charge is -2.20. The van der Waals surface area contributed by atoms with Gasteiger partial charge in [-0.1, -0.05) is 24.3 Å². The van der Waals surface area contributed by atoms with E-state index in [1.54, 1.807) is 29.6 Å². The Kier molecular flexibility index (Phi) is 6.36. The lowest BCUT2D eigenvalue weighted by atomic mass is 10.3. The van der Waals surface area contributed by atoms with Crippen LogP contribution in [0.5, 0.6) is 0 Å². The molecule has 2 rings (SSSR count). The third-order valence-corrected chi connectivity index (χ3v) is 6.70. The molecule has 1 aromatic heterocycles. The van der Waals surface area contributed by atoms with Gasteiger partial charge >= 0.3 is 0 Å². The number of rotatable bonds is 8. The Morgan fingerprint density at radius 1 is 1.12 bits per heavy atom. The molecule has 0 atom stereocenters. The molecule has 0 aliphatic carbocycles. The fraction of sp³-hybridized carbons (Fsp3) is 0.312. The zero-order valence-electron chi connectivity index (χ0n) is 13.7. The molecular weight excluding hydrogens is 346 g/mol. The quantitative estimate of drug-likeness (QED) is 0.727. The van der Waals surface area contributed by atoms with Crippen molar-refractivity contribution in [2.24, 2.45) is 0 Å². The van der Waals surface area contributed by atoms with Crippen LogP contribution in [0.2, 0.25) is 0 Å². The summed E-state index contributed by atoms with van der Waals surface area (Å²) in [4.78, 5) is 12.0. The first-order chi connectivity index (χ1) is 11.4. The Balaban J connectivity index is 1.78. The van der Waals surface area contributed by atoms with Gasteiger partial charge < -0.3 is 0 Å². The molecule has 24 heavy (non-hydrogen) atoms. The molecule has 0 saturated carbocycles. The molecule has 0 bridgehead atoms. The molecule has 1 aromatic carbocycles. The van der Waals surface area contributed by atoms with Crippen LogP contribution in [0.25, 0.3) is 0 Å². The second-order valence-electron chi connectivity index (χ2n) is 5.29.